The Bertz CT molecular complexity index is 827. The summed E-state index contributed by atoms with van der Waals surface area (Å²) in [5.41, 5.74) is 7.10. The van der Waals surface area contributed by atoms with Crippen LogP contribution in [0.25, 0.3) is 0 Å². The van der Waals surface area contributed by atoms with Crippen molar-refractivity contribution in [3.05, 3.63) is 105 Å². The van der Waals surface area contributed by atoms with E-state index < -0.39 is 0 Å². The van der Waals surface area contributed by atoms with Crippen molar-refractivity contribution in [1.29, 1.82) is 0 Å². The lowest BCUT2D eigenvalue weighted by atomic mass is 9.64. The molecular weight excluding hydrogens is 344 g/mol. The van der Waals surface area contributed by atoms with Crippen LogP contribution < -0.4 is 0 Å². The summed E-state index contributed by atoms with van der Waals surface area (Å²) >= 11 is 3.63. The van der Waals surface area contributed by atoms with Crippen molar-refractivity contribution in [1.82, 2.24) is 0 Å². The van der Waals surface area contributed by atoms with E-state index in [-0.39, 0.29) is 5.41 Å². The highest BCUT2D eigenvalue weighted by molar-refractivity contribution is 9.10. The molecule has 3 aromatic rings. The van der Waals surface area contributed by atoms with E-state index in [4.69, 9.17) is 0 Å². The topological polar surface area (TPSA) is 0 Å². The molecule has 0 atom stereocenters. The third-order valence-electron chi connectivity index (χ3n) is 5.07. The molecule has 23 heavy (non-hydrogen) atoms. The van der Waals surface area contributed by atoms with Crippen LogP contribution in [0.2, 0.25) is 0 Å². The molecule has 3 aromatic carbocycles. The van der Waals surface area contributed by atoms with Crippen LogP contribution in [0.15, 0.2) is 77.3 Å². The molecule has 0 nitrogen and oxygen atoms in total. The minimum absolute atomic E-state index is 0.0374. The van der Waals surface area contributed by atoms with E-state index in [0.29, 0.717) is 5.92 Å². The molecule has 0 spiro atoms. The van der Waals surface area contributed by atoms with Crippen molar-refractivity contribution in [3.63, 3.8) is 0 Å². The van der Waals surface area contributed by atoms with Crippen molar-refractivity contribution in [2.75, 3.05) is 0 Å². The van der Waals surface area contributed by atoms with Crippen LogP contribution in [0.3, 0.4) is 0 Å². The minimum atomic E-state index is 0.0374. The minimum Gasteiger partial charge on any atom is -0.0619 e. The van der Waals surface area contributed by atoms with Gasteiger partial charge < -0.3 is 0 Å². The molecule has 4 rings (SSSR count). The van der Waals surface area contributed by atoms with Crippen molar-refractivity contribution >= 4 is 15.9 Å². The molecule has 0 radical (unpaired) electrons. The highest BCUT2D eigenvalue weighted by Gasteiger charge is 2.37. The van der Waals surface area contributed by atoms with Gasteiger partial charge in [0.25, 0.3) is 0 Å². The summed E-state index contributed by atoms with van der Waals surface area (Å²) in [6.07, 6.45) is 0. The average molecular weight is 363 g/mol. The van der Waals surface area contributed by atoms with Gasteiger partial charge in [0, 0.05) is 15.8 Å². The molecule has 0 aliphatic heterocycles. The quantitative estimate of drug-likeness (QED) is 0.478. The first-order chi connectivity index (χ1) is 11.1. The molecule has 0 saturated heterocycles. The van der Waals surface area contributed by atoms with Gasteiger partial charge in [-0.05, 0) is 39.9 Å². The van der Waals surface area contributed by atoms with Crippen LogP contribution in [0.5, 0.6) is 0 Å². The summed E-state index contributed by atoms with van der Waals surface area (Å²) < 4.78 is 1.13. The third-order valence-corrected chi connectivity index (χ3v) is 5.57. The van der Waals surface area contributed by atoms with E-state index in [2.05, 4.69) is 103 Å². The number of halogens is 1. The van der Waals surface area contributed by atoms with Crippen molar-refractivity contribution < 1.29 is 0 Å². The smallest absolute Gasteiger partial charge is 0.0346 e. The van der Waals surface area contributed by atoms with Crippen LogP contribution in [0, 0.1) is 0 Å². The molecular formula is C22H19Br. The molecule has 0 bridgehead atoms. The maximum absolute atomic E-state index is 3.63. The summed E-state index contributed by atoms with van der Waals surface area (Å²) in [7, 11) is 0. The van der Waals surface area contributed by atoms with Gasteiger partial charge in [-0.2, -0.15) is 0 Å². The molecule has 0 amide bonds. The van der Waals surface area contributed by atoms with E-state index in [1.54, 1.807) is 0 Å². The predicted molar refractivity (Wildman–Crippen MR) is 100 cm³/mol. The van der Waals surface area contributed by atoms with Crippen LogP contribution in [0.4, 0.5) is 0 Å². The zero-order valence-electron chi connectivity index (χ0n) is 13.4. The zero-order valence-corrected chi connectivity index (χ0v) is 15.0. The van der Waals surface area contributed by atoms with E-state index in [1.807, 2.05) is 0 Å². The molecule has 0 heterocycles. The fraction of sp³-hybridized carbons (Fsp3) is 0.182. The lowest BCUT2D eigenvalue weighted by Gasteiger charge is -2.39. The third kappa shape index (κ3) is 2.26. The Morgan fingerprint density at radius 1 is 0.739 bits per heavy atom. The fourth-order valence-electron chi connectivity index (χ4n) is 3.99. The second-order valence-corrected chi connectivity index (χ2v) is 7.70. The van der Waals surface area contributed by atoms with Crippen LogP contribution >= 0.6 is 15.9 Å². The van der Waals surface area contributed by atoms with Gasteiger partial charge in [0.05, 0.1) is 0 Å². The Hall–Kier alpha value is -1.86. The van der Waals surface area contributed by atoms with Crippen LogP contribution in [0.1, 0.15) is 47.6 Å². The van der Waals surface area contributed by atoms with Crippen molar-refractivity contribution in [2.45, 2.75) is 25.2 Å². The lowest BCUT2D eigenvalue weighted by molar-refractivity contribution is 0.597. The first-order valence-electron chi connectivity index (χ1n) is 8.03. The van der Waals surface area contributed by atoms with Crippen LogP contribution in [-0.4, -0.2) is 0 Å². The number of fused-ring (bicyclic) bond motifs is 2. The molecule has 0 fully saturated rings. The predicted octanol–water partition coefficient (Wildman–Crippen LogP) is 6.27. The van der Waals surface area contributed by atoms with Crippen molar-refractivity contribution in [2.24, 2.45) is 0 Å². The Morgan fingerprint density at radius 3 is 1.87 bits per heavy atom. The van der Waals surface area contributed by atoms with Gasteiger partial charge in [0.2, 0.25) is 0 Å². The van der Waals surface area contributed by atoms with E-state index in [1.165, 1.54) is 27.8 Å². The SMILES string of the molecule is CC1(C)c2ccccc2C(c2cccc(Br)c2)c2ccccc21. The molecule has 0 aromatic heterocycles. The van der Waals surface area contributed by atoms with E-state index in [9.17, 15) is 0 Å². The highest BCUT2D eigenvalue weighted by atomic mass is 79.9. The first-order valence-corrected chi connectivity index (χ1v) is 8.82. The lowest BCUT2D eigenvalue weighted by Crippen LogP contribution is -2.29. The summed E-state index contributed by atoms with van der Waals surface area (Å²) in [4.78, 5) is 0. The number of benzene rings is 3. The van der Waals surface area contributed by atoms with E-state index >= 15 is 0 Å². The van der Waals surface area contributed by atoms with Gasteiger partial charge >= 0.3 is 0 Å². The van der Waals surface area contributed by atoms with Gasteiger partial charge in [-0.3, -0.25) is 0 Å². The second kappa shape index (κ2) is 5.35. The largest absolute Gasteiger partial charge is 0.0619 e. The van der Waals surface area contributed by atoms with Gasteiger partial charge in [-0.1, -0.05) is 90.4 Å². The van der Waals surface area contributed by atoms with Gasteiger partial charge in [-0.25, -0.2) is 0 Å². The maximum Gasteiger partial charge on any atom is 0.0346 e. The number of hydrogen-bond donors (Lipinski definition) is 0. The molecule has 1 aliphatic carbocycles. The Morgan fingerprint density at radius 2 is 1.30 bits per heavy atom. The average Bonchev–Trinajstić information content (AvgIpc) is 2.55. The Kier molecular flexibility index (Phi) is 3.42. The molecule has 0 unspecified atom stereocenters. The summed E-state index contributed by atoms with van der Waals surface area (Å²) in [6, 6.07) is 26.5. The highest BCUT2D eigenvalue weighted by Crippen LogP contribution is 2.48. The van der Waals surface area contributed by atoms with Crippen molar-refractivity contribution in [3.8, 4) is 0 Å². The fourth-order valence-corrected chi connectivity index (χ4v) is 4.41. The van der Waals surface area contributed by atoms with Crippen LogP contribution in [-0.2, 0) is 5.41 Å². The number of rotatable bonds is 1. The summed E-state index contributed by atoms with van der Waals surface area (Å²) in [5.74, 6) is 0.299. The molecule has 1 heteroatoms. The molecule has 114 valence electrons. The molecule has 0 N–H and O–H groups in total. The first kappa shape index (κ1) is 14.7. The zero-order chi connectivity index (χ0) is 16.0. The van der Waals surface area contributed by atoms with Gasteiger partial charge in [-0.15, -0.1) is 0 Å². The summed E-state index contributed by atoms with van der Waals surface area (Å²) in [6.45, 7) is 4.67. The maximum atomic E-state index is 3.63. The Labute approximate surface area is 146 Å². The normalized spacial score (nSPS) is 15.8. The molecule has 0 saturated carbocycles. The second-order valence-electron chi connectivity index (χ2n) is 6.79. The summed E-state index contributed by atoms with van der Waals surface area (Å²) in [5, 5.41) is 0. The van der Waals surface area contributed by atoms with E-state index in [0.717, 1.165) is 4.47 Å². The number of hydrogen-bond acceptors (Lipinski definition) is 0. The Balaban J connectivity index is 2.04. The monoisotopic (exact) mass is 362 g/mol. The van der Waals surface area contributed by atoms with Gasteiger partial charge in [0.15, 0.2) is 0 Å². The van der Waals surface area contributed by atoms with Gasteiger partial charge in [0.1, 0.15) is 0 Å². The standard InChI is InChI=1S/C22H19Br/c1-22(2)19-12-5-3-10-17(19)21(15-8-7-9-16(23)14-15)18-11-4-6-13-20(18)22/h3-14,21H,1-2H3. The molecule has 1 aliphatic rings.